The molecule has 0 aliphatic heterocycles. The largest absolute Gasteiger partial charge is 0.384 e. The summed E-state index contributed by atoms with van der Waals surface area (Å²) in [6.45, 7) is 1.83. The third-order valence-electron chi connectivity index (χ3n) is 2.78. The molecule has 0 radical (unpaired) electrons. The lowest BCUT2D eigenvalue weighted by molar-refractivity contribution is 0.214. The Labute approximate surface area is 118 Å². The Kier molecular flexibility index (Phi) is 4.05. The molecule has 0 saturated carbocycles. The first kappa shape index (κ1) is 13.5. The Balaban J connectivity index is 2.47. The van der Waals surface area contributed by atoms with Crippen molar-refractivity contribution in [2.75, 3.05) is 0 Å². The number of hydrogen-bond acceptors (Lipinski definition) is 1. The summed E-state index contributed by atoms with van der Waals surface area (Å²) in [5.41, 5.74) is 1.72. The van der Waals surface area contributed by atoms with Crippen molar-refractivity contribution in [3.8, 4) is 0 Å². The highest BCUT2D eigenvalue weighted by atomic mass is 79.9. The van der Waals surface area contributed by atoms with E-state index in [0.717, 1.165) is 10.0 Å². The highest BCUT2D eigenvalue weighted by Crippen LogP contribution is 2.29. The van der Waals surface area contributed by atoms with Crippen molar-refractivity contribution < 1.29 is 9.50 Å². The molecule has 2 rings (SSSR count). The molecule has 0 fully saturated rings. The maximum Gasteiger partial charge on any atom is 0.129 e. The average Bonchev–Trinajstić information content (AvgIpc) is 2.31. The third-order valence-corrected chi connectivity index (χ3v) is 3.51. The van der Waals surface area contributed by atoms with Gasteiger partial charge in [0.2, 0.25) is 0 Å². The molecule has 1 N–H and O–H groups in total. The molecule has 0 aliphatic carbocycles. The Hall–Kier alpha value is -0.900. The van der Waals surface area contributed by atoms with E-state index in [2.05, 4.69) is 15.9 Å². The van der Waals surface area contributed by atoms with Gasteiger partial charge >= 0.3 is 0 Å². The molecule has 0 saturated heterocycles. The van der Waals surface area contributed by atoms with E-state index < -0.39 is 11.9 Å². The number of halogens is 3. The molecule has 1 unspecified atom stereocenters. The Morgan fingerprint density at radius 2 is 1.89 bits per heavy atom. The highest BCUT2D eigenvalue weighted by Gasteiger charge is 2.17. The van der Waals surface area contributed by atoms with Crippen LogP contribution in [-0.4, -0.2) is 5.11 Å². The van der Waals surface area contributed by atoms with Crippen molar-refractivity contribution in [2.45, 2.75) is 13.0 Å². The standard InChI is InChI=1S/C14H11BrClFO/c1-8-6-10(16)3-4-11(8)14(18)12-7-9(15)2-5-13(12)17/h2-7,14,18H,1H3. The van der Waals surface area contributed by atoms with Gasteiger partial charge in [0.05, 0.1) is 0 Å². The molecular weight excluding hydrogens is 319 g/mol. The Morgan fingerprint density at radius 1 is 1.17 bits per heavy atom. The van der Waals surface area contributed by atoms with Gasteiger partial charge in [-0.1, -0.05) is 33.6 Å². The summed E-state index contributed by atoms with van der Waals surface area (Å²) in [6, 6.07) is 9.64. The van der Waals surface area contributed by atoms with Crippen molar-refractivity contribution in [1.29, 1.82) is 0 Å². The zero-order valence-electron chi connectivity index (χ0n) is 9.62. The number of benzene rings is 2. The summed E-state index contributed by atoms with van der Waals surface area (Å²) in [7, 11) is 0. The van der Waals surface area contributed by atoms with Gasteiger partial charge < -0.3 is 5.11 Å². The Bertz CT molecular complexity index is 586. The predicted octanol–water partition coefficient (Wildman–Crippen LogP) is 4.63. The van der Waals surface area contributed by atoms with E-state index in [1.807, 2.05) is 6.92 Å². The highest BCUT2D eigenvalue weighted by molar-refractivity contribution is 9.10. The summed E-state index contributed by atoms with van der Waals surface area (Å²) < 4.78 is 14.4. The van der Waals surface area contributed by atoms with E-state index in [-0.39, 0.29) is 5.56 Å². The van der Waals surface area contributed by atoms with Gasteiger partial charge in [0.1, 0.15) is 11.9 Å². The first-order valence-corrected chi connectivity index (χ1v) is 6.55. The summed E-state index contributed by atoms with van der Waals surface area (Å²) >= 11 is 9.13. The maximum absolute atomic E-state index is 13.7. The van der Waals surface area contributed by atoms with Crippen LogP contribution in [0.2, 0.25) is 5.02 Å². The van der Waals surface area contributed by atoms with E-state index >= 15 is 0 Å². The molecule has 0 amide bonds. The van der Waals surface area contributed by atoms with Crippen molar-refractivity contribution in [3.63, 3.8) is 0 Å². The van der Waals surface area contributed by atoms with Crippen LogP contribution in [0.5, 0.6) is 0 Å². The van der Waals surface area contributed by atoms with E-state index in [1.54, 1.807) is 30.3 Å². The van der Waals surface area contributed by atoms with Gasteiger partial charge in [0.15, 0.2) is 0 Å². The van der Waals surface area contributed by atoms with E-state index in [9.17, 15) is 9.50 Å². The van der Waals surface area contributed by atoms with Crippen molar-refractivity contribution in [2.24, 2.45) is 0 Å². The van der Waals surface area contributed by atoms with Crippen LogP contribution in [0.3, 0.4) is 0 Å². The first-order valence-electron chi connectivity index (χ1n) is 5.38. The minimum Gasteiger partial charge on any atom is -0.384 e. The monoisotopic (exact) mass is 328 g/mol. The molecule has 1 nitrogen and oxygen atoms in total. The lowest BCUT2D eigenvalue weighted by Crippen LogP contribution is -2.04. The number of hydrogen-bond donors (Lipinski definition) is 1. The van der Waals surface area contributed by atoms with Crippen LogP contribution in [0.15, 0.2) is 40.9 Å². The van der Waals surface area contributed by atoms with Gasteiger partial charge in [-0.2, -0.15) is 0 Å². The van der Waals surface area contributed by atoms with Crippen LogP contribution >= 0.6 is 27.5 Å². The summed E-state index contributed by atoms with van der Waals surface area (Å²) in [5.74, 6) is -0.431. The van der Waals surface area contributed by atoms with Gasteiger partial charge in [-0.3, -0.25) is 0 Å². The molecule has 4 heteroatoms. The third kappa shape index (κ3) is 2.74. The fourth-order valence-electron chi connectivity index (χ4n) is 1.84. The van der Waals surface area contributed by atoms with Gasteiger partial charge in [0, 0.05) is 15.1 Å². The fraction of sp³-hybridized carbons (Fsp3) is 0.143. The first-order chi connectivity index (χ1) is 8.49. The minimum absolute atomic E-state index is 0.245. The minimum atomic E-state index is -1.00. The van der Waals surface area contributed by atoms with E-state index in [4.69, 9.17) is 11.6 Å². The molecular formula is C14H11BrClFO. The summed E-state index contributed by atoms with van der Waals surface area (Å²) in [5, 5.41) is 10.9. The molecule has 1 atom stereocenters. The molecule has 0 aromatic heterocycles. The average molecular weight is 330 g/mol. The second-order valence-corrected chi connectivity index (χ2v) is 5.42. The number of rotatable bonds is 2. The molecule has 18 heavy (non-hydrogen) atoms. The molecule has 0 bridgehead atoms. The molecule has 2 aromatic rings. The number of aliphatic hydroxyl groups is 1. The second-order valence-electron chi connectivity index (χ2n) is 4.07. The van der Waals surface area contributed by atoms with Crippen LogP contribution in [-0.2, 0) is 0 Å². The van der Waals surface area contributed by atoms with Crippen LogP contribution in [0.4, 0.5) is 4.39 Å². The van der Waals surface area contributed by atoms with Crippen LogP contribution in [0.25, 0.3) is 0 Å². The quantitative estimate of drug-likeness (QED) is 0.851. The summed E-state index contributed by atoms with van der Waals surface area (Å²) in [4.78, 5) is 0. The zero-order chi connectivity index (χ0) is 13.3. The molecule has 0 heterocycles. The normalized spacial score (nSPS) is 12.5. The van der Waals surface area contributed by atoms with Crippen LogP contribution < -0.4 is 0 Å². The van der Waals surface area contributed by atoms with E-state index in [0.29, 0.717) is 10.6 Å². The van der Waals surface area contributed by atoms with E-state index in [1.165, 1.54) is 6.07 Å². The molecule has 94 valence electrons. The molecule has 0 aliphatic rings. The SMILES string of the molecule is Cc1cc(Cl)ccc1C(O)c1cc(Br)ccc1F. The zero-order valence-corrected chi connectivity index (χ0v) is 12.0. The smallest absolute Gasteiger partial charge is 0.129 e. The van der Waals surface area contributed by atoms with Crippen molar-refractivity contribution in [3.05, 3.63) is 68.4 Å². The van der Waals surface area contributed by atoms with Gasteiger partial charge in [-0.15, -0.1) is 0 Å². The van der Waals surface area contributed by atoms with Gasteiger partial charge in [0.25, 0.3) is 0 Å². The molecule has 2 aromatic carbocycles. The lowest BCUT2D eigenvalue weighted by atomic mass is 9.97. The van der Waals surface area contributed by atoms with Crippen LogP contribution in [0, 0.1) is 12.7 Å². The Morgan fingerprint density at radius 3 is 2.56 bits per heavy atom. The van der Waals surface area contributed by atoms with Crippen molar-refractivity contribution in [1.82, 2.24) is 0 Å². The fourth-order valence-corrected chi connectivity index (χ4v) is 2.44. The predicted molar refractivity (Wildman–Crippen MR) is 74.4 cm³/mol. The topological polar surface area (TPSA) is 20.2 Å². The van der Waals surface area contributed by atoms with Gasteiger partial charge in [-0.25, -0.2) is 4.39 Å². The number of aryl methyl sites for hydroxylation is 1. The van der Waals surface area contributed by atoms with Crippen molar-refractivity contribution >= 4 is 27.5 Å². The van der Waals surface area contributed by atoms with Gasteiger partial charge in [-0.05, 0) is 48.4 Å². The summed E-state index contributed by atoms with van der Waals surface area (Å²) in [6.07, 6.45) is -1.00. The number of aliphatic hydroxyl groups excluding tert-OH is 1. The van der Waals surface area contributed by atoms with Crippen LogP contribution in [0.1, 0.15) is 22.8 Å². The maximum atomic E-state index is 13.7. The lowest BCUT2D eigenvalue weighted by Gasteiger charge is -2.15. The second kappa shape index (κ2) is 5.39. The molecule has 0 spiro atoms.